The Kier molecular flexibility index (Phi) is 2.73. The van der Waals surface area contributed by atoms with Crippen LogP contribution in [-0.2, 0) is 9.05 Å². The van der Waals surface area contributed by atoms with E-state index in [2.05, 4.69) is 6.58 Å². The van der Waals surface area contributed by atoms with Crippen molar-refractivity contribution in [1.29, 1.82) is 0 Å². The van der Waals surface area contributed by atoms with Crippen LogP contribution in [0.3, 0.4) is 0 Å². The quantitative estimate of drug-likeness (QED) is 0.717. The number of rotatable bonds is 2. The van der Waals surface area contributed by atoms with E-state index in [1.807, 2.05) is 0 Å². The van der Waals surface area contributed by atoms with Gasteiger partial charge in [-0.2, -0.15) is 0 Å². The predicted octanol–water partition coefficient (Wildman–Crippen LogP) is 2.37. The van der Waals surface area contributed by atoms with Crippen molar-refractivity contribution < 1.29 is 12.8 Å². The van der Waals surface area contributed by atoms with Crippen molar-refractivity contribution in [3.63, 3.8) is 0 Å². The third kappa shape index (κ3) is 2.29. The second-order valence-corrected chi connectivity index (χ2v) is 4.93. The van der Waals surface area contributed by atoms with E-state index in [-0.39, 0.29) is 5.56 Å². The maximum atomic E-state index is 13.0. The highest BCUT2D eigenvalue weighted by Crippen LogP contribution is 2.24. The zero-order chi connectivity index (χ0) is 10.1. The average Bonchev–Trinajstić information content (AvgIpc) is 2.02. The van der Waals surface area contributed by atoms with E-state index in [0.717, 1.165) is 6.07 Å². The summed E-state index contributed by atoms with van der Waals surface area (Å²) in [5.74, 6) is -0.656. The summed E-state index contributed by atoms with van der Waals surface area (Å²) in [5, 5.41) is 0. The summed E-state index contributed by atoms with van der Waals surface area (Å²) >= 11 is 0. The lowest BCUT2D eigenvalue weighted by Crippen LogP contribution is -1.95. The van der Waals surface area contributed by atoms with Gasteiger partial charge in [0.15, 0.2) is 0 Å². The number of benzene rings is 1. The molecule has 0 heterocycles. The Morgan fingerprint density at radius 2 is 1.92 bits per heavy atom. The van der Waals surface area contributed by atoms with Gasteiger partial charge in [0, 0.05) is 16.2 Å². The van der Waals surface area contributed by atoms with Crippen LogP contribution in [0.25, 0.3) is 4.91 Å². The fraction of sp³-hybridized carbons (Fsp3) is 0. The van der Waals surface area contributed by atoms with Crippen molar-refractivity contribution in [2.75, 3.05) is 0 Å². The van der Waals surface area contributed by atoms with E-state index in [1.165, 1.54) is 18.2 Å². The molecule has 0 aliphatic rings. The monoisotopic (exact) mass is 220 g/mol. The summed E-state index contributed by atoms with van der Waals surface area (Å²) in [5.41, 5.74) is -0.0995. The van der Waals surface area contributed by atoms with E-state index in [9.17, 15) is 12.8 Å². The standard InChI is InChI=1S/C8H6ClFO2S/c1-6(13(9,11)12)7-4-2-3-5-8(7)10/h2-5H,1H2. The van der Waals surface area contributed by atoms with Crippen molar-refractivity contribution in [1.82, 2.24) is 0 Å². The first-order chi connectivity index (χ1) is 5.93. The molecule has 0 saturated carbocycles. The lowest BCUT2D eigenvalue weighted by Gasteiger charge is -2.01. The summed E-state index contributed by atoms with van der Waals surface area (Å²) < 4.78 is 34.6. The zero-order valence-electron chi connectivity index (χ0n) is 6.50. The molecule has 0 aliphatic heterocycles. The maximum absolute atomic E-state index is 13.0. The van der Waals surface area contributed by atoms with Crippen molar-refractivity contribution >= 4 is 24.6 Å². The fourth-order valence-corrected chi connectivity index (χ4v) is 1.50. The van der Waals surface area contributed by atoms with Gasteiger partial charge in [-0.3, -0.25) is 0 Å². The van der Waals surface area contributed by atoms with E-state index < -0.39 is 19.8 Å². The van der Waals surface area contributed by atoms with Crippen molar-refractivity contribution in [3.05, 3.63) is 42.2 Å². The van der Waals surface area contributed by atoms with Crippen LogP contribution in [0.5, 0.6) is 0 Å². The van der Waals surface area contributed by atoms with Gasteiger partial charge >= 0.3 is 0 Å². The summed E-state index contributed by atoms with van der Waals surface area (Å²) in [6, 6.07) is 5.40. The van der Waals surface area contributed by atoms with Crippen LogP contribution < -0.4 is 0 Å². The van der Waals surface area contributed by atoms with Gasteiger partial charge in [-0.1, -0.05) is 24.8 Å². The van der Waals surface area contributed by atoms with Gasteiger partial charge in [-0.15, -0.1) is 0 Å². The molecule has 0 atom stereocenters. The Labute approximate surface area is 80.1 Å². The van der Waals surface area contributed by atoms with Crippen LogP contribution in [0.2, 0.25) is 0 Å². The highest BCUT2D eigenvalue weighted by Gasteiger charge is 2.16. The van der Waals surface area contributed by atoms with Crippen LogP contribution >= 0.6 is 10.7 Å². The minimum absolute atomic E-state index is 0.0995. The van der Waals surface area contributed by atoms with Crippen LogP contribution in [-0.4, -0.2) is 8.42 Å². The molecule has 1 rings (SSSR count). The number of hydrogen-bond acceptors (Lipinski definition) is 2. The number of halogens is 2. The maximum Gasteiger partial charge on any atom is 0.261 e. The van der Waals surface area contributed by atoms with Gasteiger partial charge in [0.05, 0.1) is 4.91 Å². The highest BCUT2D eigenvalue weighted by atomic mass is 35.7. The molecule has 5 heteroatoms. The molecule has 0 radical (unpaired) electrons. The molecule has 0 bridgehead atoms. The molecule has 70 valence electrons. The molecular weight excluding hydrogens is 215 g/mol. The van der Waals surface area contributed by atoms with Gasteiger partial charge in [0.25, 0.3) is 9.05 Å². The smallest absolute Gasteiger partial charge is 0.207 e. The van der Waals surface area contributed by atoms with Crippen molar-refractivity contribution in [2.24, 2.45) is 0 Å². The van der Waals surface area contributed by atoms with Gasteiger partial charge in [0.1, 0.15) is 5.82 Å². The molecule has 1 aromatic rings. The summed E-state index contributed by atoms with van der Waals surface area (Å²) in [6.07, 6.45) is 0. The lowest BCUT2D eigenvalue weighted by molar-refractivity contribution is 0.613. The normalized spacial score (nSPS) is 11.2. The summed E-state index contributed by atoms with van der Waals surface area (Å²) in [4.78, 5) is -0.424. The van der Waals surface area contributed by atoms with E-state index in [1.54, 1.807) is 0 Å². The first kappa shape index (κ1) is 10.2. The zero-order valence-corrected chi connectivity index (χ0v) is 8.07. The van der Waals surface area contributed by atoms with Crippen LogP contribution in [0, 0.1) is 5.82 Å². The predicted molar refractivity (Wildman–Crippen MR) is 50.2 cm³/mol. The average molecular weight is 221 g/mol. The molecule has 0 spiro atoms. The molecule has 0 aliphatic carbocycles. The van der Waals surface area contributed by atoms with Gasteiger partial charge < -0.3 is 0 Å². The Hall–Kier alpha value is -0.870. The van der Waals surface area contributed by atoms with Gasteiger partial charge in [-0.05, 0) is 6.07 Å². The molecular formula is C8H6ClFO2S. The summed E-state index contributed by atoms with van der Waals surface area (Å²) in [7, 11) is 1.06. The highest BCUT2D eigenvalue weighted by molar-refractivity contribution is 8.21. The largest absolute Gasteiger partial charge is 0.261 e. The fourth-order valence-electron chi connectivity index (χ4n) is 0.819. The van der Waals surface area contributed by atoms with Crippen molar-refractivity contribution in [2.45, 2.75) is 0 Å². The second-order valence-electron chi connectivity index (χ2n) is 2.34. The van der Waals surface area contributed by atoms with Crippen LogP contribution in [0.4, 0.5) is 4.39 Å². The van der Waals surface area contributed by atoms with Crippen LogP contribution in [0.15, 0.2) is 30.8 Å². The molecule has 1 aromatic carbocycles. The van der Waals surface area contributed by atoms with Crippen molar-refractivity contribution in [3.8, 4) is 0 Å². The molecule has 0 saturated heterocycles. The first-order valence-corrected chi connectivity index (χ1v) is 5.62. The Morgan fingerprint density at radius 3 is 2.38 bits per heavy atom. The van der Waals surface area contributed by atoms with E-state index in [0.29, 0.717) is 0 Å². The molecule has 0 N–H and O–H groups in total. The molecule has 0 fully saturated rings. The molecule has 13 heavy (non-hydrogen) atoms. The second kappa shape index (κ2) is 3.47. The van der Waals surface area contributed by atoms with Gasteiger partial charge in [0.2, 0.25) is 0 Å². The van der Waals surface area contributed by atoms with E-state index in [4.69, 9.17) is 10.7 Å². The third-order valence-electron chi connectivity index (χ3n) is 1.47. The number of hydrogen-bond donors (Lipinski definition) is 0. The Bertz CT molecular complexity index is 439. The topological polar surface area (TPSA) is 34.1 Å². The SMILES string of the molecule is C=C(c1ccccc1F)S(=O)(=O)Cl. The van der Waals surface area contributed by atoms with Gasteiger partial charge in [-0.25, -0.2) is 12.8 Å². The minimum Gasteiger partial charge on any atom is -0.207 e. The molecule has 0 unspecified atom stereocenters. The minimum atomic E-state index is -3.94. The molecule has 2 nitrogen and oxygen atoms in total. The Morgan fingerprint density at radius 1 is 1.38 bits per heavy atom. The van der Waals surface area contributed by atoms with Crippen LogP contribution in [0.1, 0.15) is 5.56 Å². The Balaban J connectivity index is 3.26. The lowest BCUT2D eigenvalue weighted by atomic mass is 10.2. The summed E-state index contributed by atoms with van der Waals surface area (Å²) in [6.45, 7) is 3.20. The first-order valence-electron chi connectivity index (χ1n) is 3.31. The molecule has 0 amide bonds. The van der Waals surface area contributed by atoms with E-state index >= 15 is 0 Å². The third-order valence-corrected chi connectivity index (χ3v) is 2.84. The molecule has 0 aromatic heterocycles.